The molecule has 5 aromatic rings. The molecule has 0 radical (unpaired) electrons. The predicted octanol–water partition coefficient (Wildman–Crippen LogP) is 8.40. The summed E-state index contributed by atoms with van der Waals surface area (Å²) in [5, 5.41) is 21.1. The molecule has 0 saturated carbocycles. The number of thioether (sulfide) groups is 1. The first-order valence-corrected chi connectivity index (χ1v) is 17.0. The van der Waals surface area contributed by atoms with Gasteiger partial charge in [0.05, 0.1) is 18.2 Å². The third kappa shape index (κ3) is 7.20. The zero-order valence-corrected chi connectivity index (χ0v) is 27.9. The molecule has 1 aromatic heterocycles. The molecule has 0 spiro atoms. The van der Waals surface area contributed by atoms with Gasteiger partial charge in [-0.25, -0.2) is 0 Å². The van der Waals surface area contributed by atoms with Crippen LogP contribution < -0.4 is 14.4 Å². The van der Waals surface area contributed by atoms with Crippen molar-refractivity contribution in [3.05, 3.63) is 135 Å². The van der Waals surface area contributed by atoms with Crippen LogP contribution in [-0.4, -0.2) is 33.6 Å². The number of carbonyl (C=O) groups excluding carboxylic acids is 2. The van der Waals surface area contributed by atoms with Crippen molar-refractivity contribution in [2.45, 2.75) is 36.6 Å². The van der Waals surface area contributed by atoms with Gasteiger partial charge < -0.3 is 14.6 Å². The molecule has 11 heteroatoms. The van der Waals surface area contributed by atoms with Gasteiger partial charge in [-0.2, -0.15) is 0 Å². The Morgan fingerprint density at radius 3 is 2.38 bits per heavy atom. The summed E-state index contributed by atoms with van der Waals surface area (Å²) in [6.07, 6.45) is 0. The number of halogens is 1. The zero-order valence-electron chi connectivity index (χ0n) is 25.6. The summed E-state index contributed by atoms with van der Waals surface area (Å²) in [4.78, 5) is 28.8. The first-order chi connectivity index (χ1) is 22.8. The van der Waals surface area contributed by atoms with Crippen molar-refractivity contribution in [1.29, 1.82) is 0 Å². The number of ketones is 1. The Morgan fingerprint density at radius 1 is 0.915 bits per heavy atom. The molecule has 238 valence electrons. The van der Waals surface area contributed by atoms with Crippen molar-refractivity contribution in [3.8, 4) is 11.5 Å². The van der Waals surface area contributed by atoms with Gasteiger partial charge in [-0.15, -0.1) is 10.2 Å². The van der Waals surface area contributed by atoms with Gasteiger partial charge in [-0.05, 0) is 54.8 Å². The maximum absolute atomic E-state index is 13.7. The topological polar surface area (TPSA) is 102 Å². The molecule has 1 fully saturated rings. The fourth-order valence-electron chi connectivity index (χ4n) is 5.11. The minimum Gasteiger partial charge on any atom is -0.507 e. The van der Waals surface area contributed by atoms with Gasteiger partial charge in [0.2, 0.25) is 5.13 Å². The van der Waals surface area contributed by atoms with Crippen LogP contribution in [0.3, 0.4) is 0 Å². The number of aliphatic hydroxyl groups is 1. The maximum atomic E-state index is 13.7. The van der Waals surface area contributed by atoms with Gasteiger partial charge in [0.1, 0.15) is 12.4 Å². The molecular weight excluding hydrogens is 654 g/mol. The number of nitrogens with zero attached hydrogens (tertiary/aromatic N) is 3. The number of amides is 1. The summed E-state index contributed by atoms with van der Waals surface area (Å²) in [5.74, 6) is -0.341. The van der Waals surface area contributed by atoms with Gasteiger partial charge in [0.15, 0.2) is 15.8 Å². The van der Waals surface area contributed by atoms with Gasteiger partial charge in [-0.3, -0.25) is 14.5 Å². The van der Waals surface area contributed by atoms with E-state index >= 15 is 0 Å². The zero-order chi connectivity index (χ0) is 32.9. The first-order valence-electron chi connectivity index (χ1n) is 14.8. The van der Waals surface area contributed by atoms with Crippen molar-refractivity contribution in [1.82, 2.24) is 10.2 Å². The van der Waals surface area contributed by atoms with Gasteiger partial charge in [0.25, 0.3) is 5.78 Å². The third-order valence-corrected chi connectivity index (χ3v) is 9.85. The highest BCUT2D eigenvalue weighted by Gasteiger charge is 2.48. The molecule has 8 nitrogen and oxygen atoms in total. The van der Waals surface area contributed by atoms with Crippen molar-refractivity contribution >= 4 is 57.3 Å². The van der Waals surface area contributed by atoms with Crippen LogP contribution in [0.2, 0.25) is 5.02 Å². The van der Waals surface area contributed by atoms with E-state index in [4.69, 9.17) is 21.1 Å². The molecule has 1 atom stereocenters. The molecule has 2 heterocycles. The lowest BCUT2D eigenvalue weighted by atomic mass is 9.95. The minimum absolute atomic E-state index is 0.0511. The molecular formula is C36H30ClN3O5S2. The Labute approximate surface area is 285 Å². The fraction of sp³-hybridized carbons (Fsp3) is 0.167. The van der Waals surface area contributed by atoms with Crippen molar-refractivity contribution in [2.24, 2.45) is 0 Å². The Kier molecular flexibility index (Phi) is 9.91. The van der Waals surface area contributed by atoms with Crippen LogP contribution in [0.1, 0.15) is 40.8 Å². The molecule has 1 amide bonds. The van der Waals surface area contributed by atoms with Crippen LogP contribution in [0.15, 0.2) is 107 Å². The molecule has 0 aliphatic carbocycles. The Morgan fingerprint density at radius 2 is 1.66 bits per heavy atom. The summed E-state index contributed by atoms with van der Waals surface area (Å²) in [5.41, 5.74) is 3.94. The monoisotopic (exact) mass is 683 g/mol. The van der Waals surface area contributed by atoms with Crippen LogP contribution in [0.25, 0.3) is 5.76 Å². The van der Waals surface area contributed by atoms with E-state index in [1.54, 1.807) is 30.3 Å². The number of benzene rings is 4. The van der Waals surface area contributed by atoms with Crippen LogP contribution in [0.5, 0.6) is 11.5 Å². The molecule has 1 saturated heterocycles. The van der Waals surface area contributed by atoms with Crippen LogP contribution in [0.4, 0.5) is 5.13 Å². The number of aryl methyl sites for hydroxylation is 1. The SMILES string of the molecule is CCOc1cc(C2/C(=C(\O)c3ccc(C)cc3)C(=O)C(=O)N2c2nnc(SCc3ccc(Cl)cc3)s2)ccc1OCc1ccccc1. The molecule has 1 aliphatic rings. The lowest BCUT2D eigenvalue weighted by molar-refractivity contribution is -0.132. The summed E-state index contributed by atoms with van der Waals surface area (Å²) < 4.78 is 12.7. The van der Waals surface area contributed by atoms with Gasteiger partial charge >= 0.3 is 5.91 Å². The van der Waals surface area contributed by atoms with E-state index in [1.807, 2.05) is 80.6 Å². The van der Waals surface area contributed by atoms with E-state index < -0.39 is 17.7 Å². The number of anilines is 1. The molecule has 1 aliphatic heterocycles. The lowest BCUT2D eigenvalue weighted by Gasteiger charge is -2.23. The highest BCUT2D eigenvalue weighted by atomic mass is 35.5. The van der Waals surface area contributed by atoms with Crippen molar-refractivity contribution in [3.63, 3.8) is 0 Å². The minimum atomic E-state index is -0.999. The van der Waals surface area contributed by atoms with Crippen molar-refractivity contribution < 1.29 is 24.2 Å². The lowest BCUT2D eigenvalue weighted by Crippen LogP contribution is -2.29. The highest BCUT2D eigenvalue weighted by molar-refractivity contribution is 8.00. The summed E-state index contributed by atoms with van der Waals surface area (Å²) in [6.45, 7) is 4.48. The van der Waals surface area contributed by atoms with E-state index in [0.717, 1.165) is 16.7 Å². The third-order valence-electron chi connectivity index (χ3n) is 7.47. The fourth-order valence-corrected chi connectivity index (χ4v) is 7.06. The van der Waals surface area contributed by atoms with E-state index in [2.05, 4.69) is 10.2 Å². The molecule has 1 N–H and O–H groups in total. The molecule has 1 unspecified atom stereocenters. The molecule has 0 bridgehead atoms. The average molecular weight is 684 g/mol. The Hall–Kier alpha value is -4.64. The number of hydrogen-bond acceptors (Lipinski definition) is 9. The van der Waals surface area contributed by atoms with Crippen LogP contribution in [-0.2, 0) is 21.9 Å². The smallest absolute Gasteiger partial charge is 0.301 e. The van der Waals surface area contributed by atoms with Crippen molar-refractivity contribution in [2.75, 3.05) is 11.5 Å². The number of rotatable bonds is 11. The Bertz CT molecular complexity index is 1930. The van der Waals surface area contributed by atoms with Crippen LogP contribution >= 0.6 is 34.7 Å². The average Bonchev–Trinajstić information content (AvgIpc) is 3.66. The number of aliphatic hydroxyl groups excluding tert-OH is 1. The van der Waals surface area contributed by atoms with Gasteiger partial charge in [0, 0.05) is 16.3 Å². The van der Waals surface area contributed by atoms with E-state index in [-0.39, 0.29) is 16.5 Å². The second-order valence-corrected chi connectivity index (χ2v) is 13.3. The largest absolute Gasteiger partial charge is 0.507 e. The number of aromatic nitrogens is 2. The van der Waals surface area contributed by atoms with E-state index in [9.17, 15) is 14.7 Å². The maximum Gasteiger partial charge on any atom is 0.301 e. The molecule has 6 rings (SSSR count). The number of ether oxygens (including phenoxy) is 2. The van der Waals surface area contributed by atoms with Crippen LogP contribution in [0, 0.1) is 6.92 Å². The number of carbonyl (C=O) groups is 2. The second kappa shape index (κ2) is 14.4. The molecule has 4 aromatic carbocycles. The highest BCUT2D eigenvalue weighted by Crippen LogP contribution is 2.45. The Balaban J connectivity index is 1.39. The van der Waals surface area contributed by atoms with Gasteiger partial charge in [-0.1, -0.05) is 113 Å². The summed E-state index contributed by atoms with van der Waals surface area (Å²) in [6, 6.07) is 28.7. The normalized spacial score (nSPS) is 15.6. The standard InChI is InChI=1S/C36H30ClN3O5S2/c1-3-44-29-19-26(15-18-28(29)45-20-23-7-5-4-6-8-23)31-30(32(41)25-13-9-22(2)10-14-25)33(42)34(43)40(31)35-38-39-36(47-35)46-21-24-11-16-27(37)17-12-24/h4-19,31,41H,3,20-21H2,1-2H3/b32-30+. The van der Waals surface area contributed by atoms with E-state index in [1.165, 1.54) is 28.0 Å². The molecule has 47 heavy (non-hydrogen) atoms. The first kappa shape index (κ1) is 32.3. The predicted molar refractivity (Wildman–Crippen MR) is 185 cm³/mol. The second-order valence-electron chi connectivity index (χ2n) is 10.7. The number of hydrogen-bond donors (Lipinski definition) is 1. The summed E-state index contributed by atoms with van der Waals surface area (Å²) >= 11 is 8.68. The number of Topliss-reactive ketones (excluding diaryl/α,β-unsaturated/α-hetero) is 1. The van der Waals surface area contributed by atoms with E-state index in [0.29, 0.717) is 51.0 Å². The quantitative estimate of drug-likeness (QED) is 0.0487. The summed E-state index contributed by atoms with van der Waals surface area (Å²) in [7, 11) is 0.